The fourth-order valence-electron chi connectivity index (χ4n) is 2.40. The number of nitrogens with zero attached hydrogens (tertiary/aromatic N) is 1. The number of anilines is 2. The molecule has 1 aromatic heterocycles. The Morgan fingerprint density at radius 3 is 2.44 bits per heavy atom. The average molecular weight is 446 g/mol. The topological polar surface area (TPSA) is 88.2 Å². The monoisotopic (exact) mass is 445 g/mol. The van der Waals surface area contributed by atoms with Crippen LogP contribution in [0.5, 0.6) is 0 Å². The van der Waals surface area contributed by atoms with Crippen LogP contribution in [0.25, 0.3) is 0 Å². The molecular weight excluding hydrogens is 430 g/mol. The maximum Gasteiger partial charge on any atom is 0.263 e. The number of hydrogen-bond acceptors (Lipinski definition) is 4. The molecule has 27 heavy (non-hydrogen) atoms. The van der Waals surface area contributed by atoms with Gasteiger partial charge in [-0.15, -0.1) is 0 Å². The summed E-state index contributed by atoms with van der Waals surface area (Å²) in [6.07, 6.45) is 3.14. The molecule has 3 rings (SSSR count). The van der Waals surface area contributed by atoms with E-state index in [1.54, 1.807) is 54.9 Å². The normalized spacial score (nSPS) is 11.0. The highest BCUT2D eigenvalue weighted by atomic mass is 79.9. The minimum absolute atomic E-state index is 0.125. The molecule has 0 unspecified atom stereocenters. The third-order valence-electron chi connectivity index (χ3n) is 3.69. The van der Waals surface area contributed by atoms with E-state index in [9.17, 15) is 13.2 Å². The first-order valence-electron chi connectivity index (χ1n) is 7.95. The second-order valence-corrected chi connectivity index (χ2v) is 8.32. The molecule has 2 aromatic carbocycles. The fourth-order valence-corrected chi connectivity index (χ4v) is 4.64. The van der Waals surface area contributed by atoms with Gasteiger partial charge in [0.1, 0.15) is 4.90 Å². The van der Waals surface area contributed by atoms with Gasteiger partial charge in [-0.1, -0.05) is 12.1 Å². The third kappa shape index (κ3) is 4.72. The summed E-state index contributed by atoms with van der Waals surface area (Å²) in [7, 11) is -3.80. The van der Waals surface area contributed by atoms with Gasteiger partial charge in [-0.25, -0.2) is 8.42 Å². The van der Waals surface area contributed by atoms with Crippen molar-refractivity contribution in [1.29, 1.82) is 0 Å². The molecule has 3 aromatic rings. The lowest BCUT2D eigenvalue weighted by molar-refractivity contribution is 0.102. The first-order valence-corrected chi connectivity index (χ1v) is 10.2. The lowest BCUT2D eigenvalue weighted by Crippen LogP contribution is -2.15. The lowest BCUT2D eigenvalue weighted by Gasteiger charge is -2.11. The second kappa shape index (κ2) is 7.89. The molecule has 1 amide bonds. The van der Waals surface area contributed by atoms with Crippen molar-refractivity contribution >= 4 is 43.2 Å². The maximum absolute atomic E-state index is 12.7. The standard InChI is InChI=1S/C19H16BrN3O3S/c1-13-5-6-18(17(20)11-13)27(25,26)23-16-4-2-3-14(12-16)19(24)22-15-7-9-21-10-8-15/h2-12,23H,1H3,(H,21,22,24). The van der Waals surface area contributed by atoms with Gasteiger partial charge in [-0.3, -0.25) is 14.5 Å². The number of benzene rings is 2. The molecule has 0 radical (unpaired) electrons. The number of rotatable bonds is 5. The number of aryl methyl sites for hydroxylation is 1. The zero-order chi connectivity index (χ0) is 19.4. The van der Waals surface area contributed by atoms with Gasteiger partial charge in [0.15, 0.2) is 0 Å². The number of sulfonamides is 1. The minimum Gasteiger partial charge on any atom is -0.322 e. The van der Waals surface area contributed by atoms with E-state index in [1.807, 2.05) is 6.92 Å². The van der Waals surface area contributed by atoms with E-state index in [0.717, 1.165) is 5.56 Å². The molecule has 0 fully saturated rings. The van der Waals surface area contributed by atoms with Crippen molar-refractivity contribution in [1.82, 2.24) is 4.98 Å². The predicted octanol–water partition coefficient (Wildman–Crippen LogP) is 4.21. The molecule has 1 heterocycles. The molecule has 0 aliphatic rings. The van der Waals surface area contributed by atoms with Crippen LogP contribution in [-0.2, 0) is 10.0 Å². The molecule has 0 spiro atoms. The number of amides is 1. The first kappa shape index (κ1) is 19.1. The van der Waals surface area contributed by atoms with Gasteiger partial charge >= 0.3 is 0 Å². The Morgan fingerprint density at radius 1 is 1.00 bits per heavy atom. The van der Waals surface area contributed by atoms with Crippen LogP contribution >= 0.6 is 15.9 Å². The van der Waals surface area contributed by atoms with Gasteiger partial charge in [-0.2, -0.15) is 0 Å². The van der Waals surface area contributed by atoms with Crippen molar-refractivity contribution in [2.45, 2.75) is 11.8 Å². The van der Waals surface area contributed by atoms with E-state index < -0.39 is 10.0 Å². The highest BCUT2D eigenvalue weighted by molar-refractivity contribution is 9.10. The van der Waals surface area contributed by atoms with Crippen LogP contribution in [0.1, 0.15) is 15.9 Å². The average Bonchev–Trinajstić information content (AvgIpc) is 2.62. The Bertz CT molecular complexity index is 1090. The Labute approximate surface area is 165 Å². The van der Waals surface area contributed by atoms with Gasteiger partial charge in [0.2, 0.25) is 0 Å². The largest absolute Gasteiger partial charge is 0.322 e. The van der Waals surface area contributed by atoms with Crippen molar-refractivity contribution in [2.24, 2.45) is 0 Å². The number of carbonyl (C=O) groups excluding carboxylic acids is 1. The van der Waals surface area contributed by atoms with Crippen molar-refractivity contribution in [2.75, 3.05) is 10.0 Å². The molecule has 0 aliphatic heterocycles. The Kier molecular flexibility index (Phi) is 5.57. The molecule has 0 atom stereocenters. The molecule has 6 nitrogen and oxygen atoms in total. The van der Waals surface area contributed by atoms with Crippen molar-refractivity contribution in [3.05, 3.63) is 82.6 Å². The SMILES string of the molecule is Cc1ccc(S(=O)(=O)Nc2cccc(C(=O)Nc3ccncc3)c2)c(Br)c1. The van der Waals surface area contributed by atoms with Crippen LogP contribution in [0.15, 0.2) is 76.4 Å². The molecule has 2 N–H and O–H groups in total. The van der Waals surface area contributed by atoms with Gasteiger partial charge in [0.05, 0.1) is 0 Å². The summed E-state index contributed by atoms with van der Waals surface area (Å²) >= 11 is 3.28. The van der Waals surface area contributed by atoms with E-state index in [1.165, 1.54) is 12.1 Å². The van der Waals surface area contributed by atoms with E-state index in [2.05, 4.69) is 31.0 Å². The summed E-state index contributed by atoms with van der Waals surface area (Å²) in [6, 6.07) is 14.6. The van der Waals surface area contributed by atoms with Crippen molar-refractivity contribution < 1.29 is 13.2 Å². The smallest absolute Gasteiger partial charge is 0.263 e. The molecule has 0 saturated carbocycles. The van der Waals surface area contributed by atoms with Crippen LogP contribution < -0.4 is 10.0 Å². The summed E-state index contributed by atoms with van der Waals surface area (Å²) in [6.45, 7) is 1.87. The van der Waals surface area contributed by atoms with E-state index in [4.69, 9.17) is 0 Å². The number of pyridine rings is 1. The van der Waals surface area contributed by atoms with Crippen LogP contribution in [0.3, 0.4) is 0 Å². The van der Waals surface area contributed by atoms with Crippen LogP contribution in [-0.4, -0.2) is 19.3 Å². The Morgan fingerprint density at radius 2 is 1.74 bits per heavy atom. The summed E-state index contributed by atoms with van der Waals surface area (Å²) in [4.78, 5) is 16.4. The summed E-state index contributed by atoms with van der Waals surface area (Å²) in [5.41, 5.74) is 2.17. The third-order valence-corrected chi connectivity index (χ3v) is 6.05. The Balaban J connectivity index is 1.82. The molecule has 8 heteroatoms. The highest BCUT2D eigenvalue weighted by Crippen LogP contribution is 2.25. The number of hydrogen-bond donors (Lipinski definition) is 2. The van der Waals surface area contributed by atoms with Crippen molar-refractivity contribution in [3.8, 4) is 0 Å². The minimum atomic E-state index is -3.80. The van der Waals surface area contributed by atoms with Crippen molar-refractivity contribution in [3.63, 3.8) is 0 Å². The molecule has 138 valence electrons. The Hall–Kier alpha value is -2.71. The summed E-state index contributed by atoms with van der Waals surface area (Å²) < 4.78 is 28.3. The van der Waals surface area contributed by atoms with Gasteiger partial charge < -0.3 is 5.32 Å². The lowest BCUT2D eigenvalue weighted by atomic mass is 10.2. The number of carbonyl (C=O) groups is 1. The summed E-state index contributed by atoms with van der Waals surface area (Å²) in [5, 5.41) is 2.73. The maximum atomic E-state index is 12.7. The molecular formula is C19H16BrN3O3S. The zero-order valence-corrected chi connectivity index (χ0v) is 16.7. The quantitative estimate of drug-likeness (QED) is 0.615. The van der Waals surface area contributed by atoms with E-state index in [-0.39, 0.29) is 10.8 Å². The fraction of sp³-hybridized carbons (Fsp3) is 0.0526. The first-order chi connectivity index (χ1) is 12.8. The van der Waals surface area contributed by atoms with Crippen LogP contribution in [0.4, 0.5) is 11.4 Å². The van der Waals surface area contributed by atoms with Gasteiger partial charge in [-0.05, 0) is 70.9 Å². The van der Waals surface area contributed by atoms with Gasteiger partial charge in [0.25, 0.3) is 15.9 Å². The number of aromatic nitrogens is 1. The zero-order valence-electron chi connectivity index (χ0n) is 14.3. The molecule has 0 aliphatic carbocycles. The predicted molar refractivity (Wildman–Crippen MR) is 108 cm³/mol. The number of nitrogens with one attached hydrogen (secondary N) is 2. The van der Waals surface area contributed by atoms with Crippen LogP contribution in [0.2, 0.25) is 0 Å². The summed E-state index contributed by atoms with van der Waals surface area (Å²) in [5.74, 6) is -0.348. The molecule has 0 bridgehead atoms. The molecule has 0 saturated heterocycles. The highest BCUT2D eigenvalue weighted by Gasteiger charge is 2.18. The number of halogens is 1. The second-order valence-electron chi connectivity index (χ2n) is 5.81. The van der Waals surface area contributed by atoms with E-state index >= 15 is 0 Å². The van der Waals surface area contributed by atoms with E-state index in [0.29, 0.717) is 21.4 Å². The van der Waals surface area contributed by atoms with Gasteiger partial charge in [0, 0.05) is 33.8 Å². The van der Waals surface area contributed by atoms with Crippen LogP contribution in [0, 0.1) is 6.92 Å².